The Balaban J connectivity index is 1.56. The first-order valence-corrected chi connectivity index (χ1v) is 12.6. The lowest BCUT2D eigenvalue weighted by Crippen LogP contribution is -2.29. The van der Waals surface area contributed by atoms with Gasteiger partial charge in [-0.25, -0.2) is 0 Å². The molecule has 1 N–H and O–H groups in total. The summed E-state index contributed by atoms with van der Waals surface area (Å²) in [6.45, 7) is 2.43. The third kappa shape index (κ3) is 6.03. The van der Waals surface area contributed by atoms with Crippen LogP contribution in [0.3, 0.4) is 0 Å². The van der Waals surface area contributed by atoms with Gasteiger partial charge in [0, 0.05) is 26.4 Å². The molecule has 0 aliphatic carbocycles. The molecule has 3 rings (SSSR count). The van der Waals surface area contributed by atoms with Gasteiger partial charge in [0.05, 0.1) is 10.6 Å². The lowest BCUT2D eigenvalue weighted by Gasteiger charge is -2.14. The summed E-state index contributed by atoms with van der Waals surface area (Å²) in [7, 11) is 0. The summed E-state index contributed by atoms with van der Waals surface area (Å²) in [4.78, 5) is 27.2. The second kappa shape index (κ2) is 10.5. The van der Waals surface area contributed by atoms with E-state index >= 15 is 0 Å². The molecule has 0 radical (unpaired) electrons. The zero-order chi connectivity index (χ0) is 21.8. The SMILES string of the molecule is Cc1ccc(C=C2SC(=S)N(CCCC(=O)Nc3c(Br)cc(Br)cc3Br)C2=O)cc1. The number of rotatable bonds is 6. The predicted octanol–water partition coefficient (Wildman–Crippen LogP) is 6.90. The van der Waals surface area contributed by atoms with E-state index in [9.17, 15) is 9.59 Å². The molecule has 0 spiro atoms. The van der Waals surface area contributed by atoms with Crippen LogP contribution in [0.15, 0.2) is 54.7 Å². The summed E-state index contributed by atoms with van der Waals surface area (Å²) in [6.07, 6.45) is 2.65. The van der Waals surface area contributed by atoms with E-state index < -0.39 is 0 Å². The van der Waals surface area contributed by atoms with Crippen LogP contribution in [0, 0.1) is 6.92 Å². The number of carbonyl (C=O) groups is 2. The molecule has 9 heteroatoms. The van der Waals surface area contributed by atoms with Crippen LogP contribution >= 0.6 is 71.8 Å². The highest BCUT2D eigenvalue weighted by Crippen LogP contribution is 2.35. The molecular weight excluding hydrogens is 616 g/mol. The Kier molecular flexibility index (Phi) is 8.31. The molecule has 1 saturated heterocycles. The van der Waals surface area contributed by atoms with Gasteiger partial charge in [-0.05, 0) is 69.0 Å². The second-order valence-corrected chi connectivity index (χ2v) is 10.9. The maximum absolute atomic E-state index is 12.7. The smallest absolute Gasteiger partial charge is 0.266 e. The third-order valence-electron chi connectivity index (χ3n) is 4.31. The van der Waals surface area contributed by atoms with E-state index in [1.165, 1.54) is 17.3 Å². The Bertz CT molecular complexity index is 1020. The number of thiocarbonyl (C=S) groups is 1. The number of amides is 2. The number of hydrogen-bond donors (Lipinski definition) is 1. The van der Waals surface area contributed by atoms with Crippen LogP contribution in [-0.4, -0.2) is 27.6 Å². The van der Waals surface area contributed by atoms with Crippen LogP contribution in [0.4, 0.5) is 5.69 Å². The molecular formula is C21H17Br3N2O2S2. The van der Waals surface area contributed by atoms with E-state index in [1.807, 2.05) is 49.4 Å². The van der Waals surface area contributed by atoms with Crippen LogP contribution in [-0.2, 0) is 9.59 Å². The van der Waals surface area contributed by atoms with Gasteiger partial charge in [-0.15, -0.1) is 0 Å². The largest absolute Gasteiger partial charge is 0.324 e. The minimum Gasteiger partial charge on any atom is -0.324 e. The summed E-state index contributed by atoms with van der Waals surface area (Å²) in [6, 6.07) is 11.7. The molecule has 0 saturated carbocycles. The van der Waals surface area contributed by atoms with Crippen LogP contribution in [0.5, 0.6) is 0 Å². The third-order valence-corrected chi connectivity index (χ3v) is 7.39. The lowest BCUT2D eigenvalue weighted by atomic mass is 10.1. The number of hydrogen-bond acceptors (Lipinski definition) is 4. The molecule has 0 unspecified atom stereocenters. The standard InChI is InChI=1S/C21H17Br3N2O2S2/c1-12-4-6-13(7-5-12)9-17-20(28)26(21(29)30-17)8-2-3-18(27)25-19-15(23)10-14(22)11-16(19)24/h4-7,9-11H,2-3,8H2,1H3,(H,25,27). The fourth-order valence-electron chi connectivity index (χ4n) is 2.77. The van der Waals surface area contributed by atoms with Crippen molar-refractivity contribution >= 4 is 99.7 Å². The zero-order valence-electron chi connectivity index (χ0n) is 15.9. The van der Waals surface area contributed by atoms with E-state index in [0.29, 0.717) is 27.9 Å². The topological polar surface area (TPSA) is 49.4 Å². The minimum absolute atomic E-state index is 0.107. The summed E-state index contributed by atoms with van der Waals surface area (Å²) in [5.41, 5.74) is 2.81. The molecule has 1 aliphatic rings. The Labute approximate surface area is 210 Å². The molecule has 0 aromatic heterocycles. The van der Waals surface area contributed by atoms with Crippen molar-refractivity contribution in [2.24, 2.45) is 0 Å². The maximum atomic E-state index is 12.7. The summed E-state index contributed by atoms with van der Waals surface area (Å²) in [5.74, 6) is -0.233. The van der Waals surface area contributed by atoms with Crippen molar-refractivity contribution in [2.75, 3.05) is 11.9 Å². The van der Waals surface area contributed by atoms with Crippen molar-refractivity contribution < 1.29 is 9.59 Å². The second-order valence-electron chi connectivity index (χ2n) is 6.64. The van der Waals surface area contributed by atoms with Gasteiger partial charge in [-0.3, -0.25) is 14.5 Å². The summed E-state index contributed by atoms with van der Waals surface area (Å²) >= 11 is 17.0. The Morgan fingerprint density at radius 1 is 1.17 bits per heavy atom. The van der Waals surface area contributed by atoms with Gasteiger partial charge in [0.25, 0.3) is 5.91 Å². The fourth-order valence-corrected chi connectivity index (χ4v) is 6.53. The van der Waals surface area contributed by atoms with Crippen molar-refractivity contribution in [1.82, 2.24) is 4.90 Å². The number of nitrogens with zero attached hydrogens (tertiary/aromatic N) is 1. The van der Waals surface area contributed by atoms with Crippen LogP contribution in [0.2, 0.25) is 0 Å². The van der Waals surface area contributed by atoms with Crippen LogP contribution in [0.25, 0.3) is 6.08 Å². The first-order chi connectivity index (χ1) is 14.2. The highest BCUT2D eigenvalue weighted by molar-refractivity contribution is 9.11. The quantitative estimate of drug-likeness (QED) is 0.278. The van der Waals surface area contributed by atoms with Gasteiger partial charge in [0.1, 0.15) is 4.32 Å². The Morgan fingerprint density at radius 3 is 2.43 bits per heavy atom. The number of nitrogens with one attached hydrogen (secondary N) is 1. The zero-order valence-corrected chi connectivity index (χ0v) is 22.3. The number of carbonyl (C=O) groups excluding carboxylic acids is 2. The average Bonchev–Trinajstić information content (AvgIpc) is 2.94. The molecule has 2 aromatic carbocycles. The van der Waals surface area contributed by atoms with Crippen molar-refractivity contribution in [3.05, 3.63) is 65.8 Å². The normalized spacial score (nSPS) is 15.2. The Morgan fingerprint density at radius 2 is 1.80 bits per heavy atom. The molecule has 0 atom stereocenters. The Hall–Kier alpha value is -1.00. The van der Waals surface area contributed by atoms with Crippen LogP contribution < -0.4 is 5.32 Å². The lowest BCUT2D eigenvalue weighted by molar-refractivity contribution is -0.122. The van der Waals surface area contributed by atoms with Gasteiger partial charge < -0.3 is 5.32 Å². The van der Waals surface area contributed by atoms with E-state index in [-0.39, 0.29) is 18.2 Å². The molecule has 156 valence electrons. The van der Waals surface area contributed by atoms with E-state index in [1.54, 1.807) is 4.90 Å². The number of anilines is 1. The molecule has 30 heavy (non-hydrogen) atoms. The summed E-state index contributed by atoms with van der Waals surface area (Å²) < 4.78 is 2.97. The van der Waals surface area contributed by atoms with Crippen molar-refractivity contribution in [3.8, 4) is 0 Å². The fraction of sp³-hybridized carbons (Fsp3) is 0.190. The van der Waals surface area contributed by atoms with Gasteiger partial charge in [-0.1, -0.05) is 69.7 Å². The van der Waals surface area contributed by atoms with E-state index in [0.717, 1.165) is 19.0 Å². The van der Waals surface area contributed by atoms with E-state index in [2.05, 4.69) is 53.1 Å². The number of benzene rings is 2. The van der Waals surface area contributed by atoms with Crippen molar-refractivity contribution in [3.63, 3.8) is 0 Å². The van der Waals surface area contributed by atoms with Crippen molar-refractivity contribution in [2.45, 2.75) is 19.8 Å². The first kappa shape index (κ1) is 23.7. The van der Waals surface area contributed by atoms with E-state index in [4.69, 9.17) is 12.2 Å². The molecule has 1 fully saturated rings. The van der Waals surface area contributed by atoms with Gasteiger partial charge >= 0.3 is 0 Å². The number of aryl methyl sites for hydroxylation is 1. The monoisotopic (exact) mass is 630 g/mol. The van der Waals surface area contributed by atoms with Gasteiger partial charge in [-0.2, -0.15) is 0 Å². The predicted molar refractivity (Wildman–Crippen MR) is 138 cm³/mol. The average molecular weight is 633 g/mol. The van der Waals surface area contributed by atoms with Gasteiger partial charge in [0.2, 0.25) is 5.91 Å². The van der Waals surface area contributed by atoms with Gasteiger partial charge in [0.15, 0.2) is 0 Å². The summed E-state index contributed by atoms with van der Waals surface area (Å²) in [5, 5.41) is 2.89. The molecule has 1 heterocycles. The van der Waals surface area contributed by atoms with Crippen LogP contribution in [0.1, 0.15) is 24.0 Å². The molecule has 2 amide bonds. The highest BCUT2D eigenvalue weighted by Gasteiger charge is 2.31. The highest BCUT2D eigenvalue weighted by atomic mass is 79.9. The maximum Gasteiger partial charge on any atom is 0.266 e. The number of thioether (sulfide) groups is 1. The minimum atomic E-state index is -0.126. The molecule has 1 aliphatic heterocycles. The number of halogens is 3. The molecule has 4 nitrogen and oxygen atoms in total. The molecule has 0 bridgehead atoms. The van der Waals surface area contributed by atoms with Crippen molar-refractivity contribution in [1.29, 1.82) is 0 Å². The first-order valence-electron chi connectivity index (χ1n) is 9.01. The molecule has 2 aromatic rings.